The van der Waals surface area contributed by atoms with Crippen LogP contribution in [-0.4, -0.2) is 31.8 Å². The van der Waals surface area contributed by atoms with Gasteiger partial charge in [0, 0.05) is 31.8 Å². The van der Waals surface area contributed by atoms with Gasteiger partial charge in [-0.1, -0.05) is 23.7 Å². The van der Waals surface area contributed by atoms with Gasteiger partial charge in [0.15, 0.2) is 0 Å². The number of rotatable bonds is 7. The number of hydrogen-bond donors (Lipinski definition) is 1. The molecule has 0 aliphatic rings. The van der Waals surface area contributed by atoms with Crippen LogP contribution in [0.5, 0.6) is 0 Å². The standard InChI is InChI=1S/C17H29ClN2O/c1-7-20(13(2)12-21-6)16-14(9-8-10-15(16)18)11-19-17(3,4)5/h8-10,13,19H,7,11-12H2,1-6H3. The number of nitrogens with zero attached hydrogens (tertiary/aromatic N) is 1. The molecule has 0 saturated heterocycles. The van der Waals surface area contributed by atoms with Crippen LogP contribution in [-0.2, 0) is 11.3 Å². The molecular weight excluding hydrogens is 284 g/mol. The SMILES string of the molecule is CCN(c1c(Cl)cccc1CNC(C)(C)C)C(C)COC. The molecule has 21 heavy (non-hydrogen) atoms. The molecule has 4 heteroatoms. The zero-order chi connectivity index (χ0) is 16.0. The maximum Gasteiger partial charge on any atom is 0.0663 e. The Morgan fingerprint density at radius 2 is 2.00 bits per heavy atom. The first kappa shape index (κ1) is 18.3. The van der Waals surface area contributed by atoms with Crippen LogP contribution in [0.1, 0.15) is 40.2 Å². The molecule has 0 aliphatic carbocycles. The zero-order valence-electron chi connectivity index (χ0n) is 14.2. The first-order valence-electron chi connectivity index (χ1n) is 7.58. The highest BCUT2D eigenvalue weighted by atomic mass is 35.5. The van der Waals surface area contributed by atoms with E-state index in [-0.39, 0.29) is 11.6 Å². The third kappa shape index (κ3) is 5.50. The van der Waals surface area contributed by atoms with E-state index < -0.39 is 0 Å². The Morgan fingerprint density at radius 1 is 1.33 bits per heavy atom. The van der Waals surface area contributed by atoms with Crippen LogP contribution >= 0.6 is 11.6 Å². The lowest BCUT2D eigenvalue weighted by atomic mass is 10.1. The van der Waals surface area contributed by atoms with Crippen LogP contribution in [0.2, 0.25) is 5.02 Å². The van der Waals surface area contributed by atoms with Crippen molar-refractivity contribution < 1.29 is 4.74 Å². The van der Waals surface area contributed by atoms with E-state index in [1.807, 2.05) is 12.1 Å². The summed E-state index contributed by atoms with van der Waals surface area (Å²) in [5, 5.41) is 4.34. The molecule has 1 aromatic rings. The summed E-state index contributed by atoms with van der Waals surface area (Å²) in [5.41, 5.74) is 2.42. The lowest BCUT2D eigenvalue weighted by molar-refractivity contribution is 0.182. The van der Waals surface area contributed by atoms with Crippen LogP contribution in [0.25, 0.3) is 0 Å². The van der Waals surface area contributed by atoms with Gasteiger partial charge in [-0.3, -0.25) is 0 Å². The van der Waals surface area contributed by atoms with Crippen molar-refractivity contribution in [2.24, 2.45) is 0 Å². The van der Waals surface area contributed by atoms with Gasteiger partial charge in [0.25, 0.3) is 0 Å². The van der Waals surface area contributed by atoms with Gasteiger partial charge in [0.05, 0.1) is 17.3 Å². The normalized spacial score (nSPS) is 13.3. The fourth-order valence-electron chi connectivity index (χ4n) is 2.41. The Kier molecular flexibility index (Phi) is 6.98. The van der Waals surface area contributed by atoms with E-state index >= 15 is 0 Å². The molecule has 0 saturated carbocycles. The quantitative estimate of drug-likeness (QED) is 0.820. The summed E-state index contributed by atoms with van der Waals surface area (Å²) < 4.78 is 5.30. The average Bonchev–Trinajstić information content (AvgIpc) is 2.39. The fourth-order valence-corrected chi connectivity index (χ4v) is 2.71. The summed E-state index contributed by atoms with van der Waals surface area (Å²) in [6.45, 7) is 13.2. The molecule has 0 bridgehead atoms. The van der Waals surface area contributed by atoms with E-state index in [2.05, 4.69) is 50.9 Å². The van der Waals surface area contributed by atoms with Crippen LogP contribution in [0.4, 0.5) is 5.69 Å². The number of ether oxygens (including phenoxy) is 1. The van der Waals surface area contributed by atoms with Crippen molar-refractivity contribution in [3.05, 3.63) is 28.8 Å². The van der Waals surface area contributed by atoms with Crippen molar-refractivity contribution in [3.8, 4) is 0 Å². The molecule has 1 aromatic carbocycles. The highest BCUT2D eigenvalue weighted by molar-refractivity contribution is 6.33. The molecule has 1 unspecified atom stereocenters. The Morgan fingerprint density at radius 3 is 2.52 bits per heavy atom. The van der Waals surface area contributed by atoms with Crippen LogP contribution in [0.3, 0.4) is 0 Å². The van der Waals surface area contributed by atoms with E-state index in [9.17, 15) is 0 Å². The smallest absolute Gasteiger partial charge is 0.0663 e. The highest BCUT2D eigenvalue weighted by Gasteiger charge is 2.20. The van der Waals surface area contributed by atoms with Crippen LogP contribution in [0, 0.1) is 0 Å². The summed E-state index contributed by atoms with van der Waals surface area (Å²) in [4.78, 5) is 2.31. The summed E-state index contributed by atoms with van der Waals surface area (Å²) >= 11 is 6.49. The Bertz CT molecular complexity index is 443. The average molecular weight is 313 g/mol. The Balaban J connectivity index is 3.08. The second-order valence-corrected chi connectivity index (χ2v) is 6.85. The van der Waals surface area contributed by atoms with E-state index in [1.54, 1.807) is 7.11 Å². The molecule has 0 spiro atoms. The lowest BCUT2D eigenvalue weighted by Crippen LogP contribution is -2.39. The second-order valence-electron chi connectivity index (χ2n) is 6.44. The minimum Gasteiger partial charge on any atom is -0.383 e. The van der Waals surface area contributed by atoms with E-state index in [0.29, 0.717) is 6.61 Å². The zero-order valence-corrected chi connectivity index (χ0v) is 14.9. The van der Waals surface area contributed by atoms with Crippen molar-refractivity contribution in [2.75, 3.05) is 25.2 Å². The Hall–Kier alpha value is -0.770. The van der Waals surface area contributed by atoms with Crippen molar-refractivity contribution in [2.45, 2.75) is 52.7 Å². The molecule has 1 atom stereocenters. The van der Waals surface area contributed by atoms with Crippen molar-refractivity contribution in [3.63, 3.8) is 0 Å². The predicted molar refractivity (Wildman–Crippen MR) is 92.4 cm³/mol. The van der Waals surface area contributed by atoms with Crippen molar-refractivity contribution in [1.82, 2.24) is 5.32 Å². The van der Waals surface area contributed by atoms with Gasteiger partial charge < -0.3 is 15.0 Å². The molecule has 1 N–H and O–H groups in total. The number of nitrogens with one attached hydrogen (secondary N) is 1. The lowest BCUT2D eigenvalue weighted by Gasteiger charge is -2.33. The number of para-hydroxylation sites is 1. The third-order valence-electron chi connectivity index (χ3n) is 3.45. The van der Waals surface area contributed by atoms with E-state index in [0.717, 1.165) is 23.8 Å². The predicted octanol–water partition coefficient (Wildman–Crippen LogP) is 4.09. The molecule has 0 aromatic heterocycles. The molecule has 1 rings (SSSR count). The highest BCUT2D eigenvalue weighted by Crippen LogP contribution is 2.31. The molecule has 0 amide bonds. The van der Waals surface area contributed by atoms with Crippen LogP contribution in [0.15, 0.2) is 18.2 Å². The van der Waals surface area contributed by atoms with Crippen molar-refractivity contribution >= 4 is 17.3 Å². The molecule has 0 radical (unpaired) electrons. The summed E-state index contributed by atoms with van der Waals surface area (Å²) in [5.74, 6) is 0. The maximum absolute atomic E-state index is 6.49. The van der Waals surface area contributed by atoms with Gasteiger partial charge in [-0.15, -0.1) is 0 Å². The Labute approximate surface area is 134 Å². The van der Waals surface area contributed by atoms with Gasteiger partial charge in [-0.05, 0) is 46.2 Å². The van der Waals surface area contributed by atoms with Gasteiger partial charge in [0.1, 0.15) is 0 Å². The largest absolute Gasteiger partial charge is 0.383 e. The number of methoxy groups -OCH3 is 1. The second kappa shape index (κ2) is 8.02. The minimum absolute atomic E-state index is 0.0782. The topological polar surface area (TPSA) is 24.5 Å². The van der Waals surface area contributed by atoms with Gasteiger partial charge in [-0.25, -0.2) is 0 Å². The summed E-state index contributed by atoms with van der Waals surface area (Å²) in [7, 11) is 1.74. The molecule has 0 fully saturated rings. The fraction of sp³-hybridized carbons (Fsp3) is 0.647. The van der Waals surface area contributed by atoms with Crippen molar-refractivity contribution in [1.29, 1.82) is 0 Å². The number of benzene rings is 1. The van der Waals surface area contributed by atoms with Gasteiger partial charge >= 0.3 is 0 Å². The summed E-state index contributed by atoms with van der Waals surface area (Å²) in [6.07, 6.45) is 0. The molecule has 0 aliphatic heterocycles. The molecular formula is C17H29ClN2O. The molecule has 0 heterocycles. The summed E-state index contributed by atoms with van der Waals surface area (Å²) in [6, 6.07) is 6.40. The third-order valence-corrected chi connectivity index (χ3v) is 3.75. The maximum atomic E-state index is 6.49. The number of likely N-dealkylation sites (N-methyl/N-ethyl adjacent to an activating group) is 1. The monoisotopic (exact) mass is 312 g/mol. The first-order valence-corrected chi connectivity index (χ1v) is 7.96. The number of halogens is 1. The molecule has 3 nitrogen and oxygen atoms in total. The molecule has 120 valence electrons. The van der Waals surface area contributed by atoms with Gasteiger partial charge in [0.2, 0.25) is 0 Å². The van der Waals surface area contributed by atoms with Crippen LogP contribution < -0.4 is 10.2 Å². The van der Waals surface area contributed by atoms with E-state index in [4.69, 9.17) is 16.3 Å². The number of anilines is 1. The minimum atomic E-state index is 0.0782. The number of hydrogen-bond acceptors (Lipinski definition) is 3. The van der Waals surface area contributed by atoms with E-state index in [1.165, 1.54) is 5.56 Å². The van der Waals surface area contributed by atoms with Gasteiger partial charge in [-0.2, -0.15) is 0 Å². The first-order chi connectivity index (χ1) is 9.80.